The van der Waals surface area contributed by atoms with Gasteiger partial charge in [-0.2, -0.15) is 9.98 Å². The second-order valence-electron chi connectivity index (χ2n) is 3.23. The molecule has 2 rings (SSSR count). The van der Waals surface area contributed by atoms with E-state index in [9.17, 15) is 9.59 Å². The van der Waals surface area contributed by atoms with Crippen LogP contribution in [0.3, 0.4) is 0 Å². The molecule has 1 heterocycles. The van der Waals surface area contributed by atoms with Crippen molar-refractivity contribution in [2.24, 2.45) is 9.98 Å². The number of urea groups is 1. The molecule has 0 saturated heterocycles. The summed E-state index contributed by atoms with van der Waals surface area (Å²) in [5, 5.41) is 0.991. The van der Waals surface area contributed by atoms with Gasteiger partial charge in [-0.3, -0.25) is 4.79 Å². The fraction of sp³-hybridized carbons (Fsp3) is 0.200. The van der Waals surface area contributed by atoms with Crippen LogP contribution in [0, 0.1) is 0 Å². The zero-order chi connectivity index (χ0) is 11.0. The molecule has 76 valence electrons. The predicted molar refractivity (Wildman–Crippen MR) is 53.2 cm³/mol. The lowest BCUT2D eigenvalue weighted by atomic mass is 10.2. The maximum absolute atomic E-state index is 11.2. The molecule has 0 unspecified atom stereocenters. The zero-order valence-corrected chi connectivity index (χ0v) is 8.39. The van der Waals surface area contributed by atoms with Gasteiger partial charge in [0.05, 0.1) is 11.0 Å². The number of carbonyl (C=O) groups excluding carboxylic acids is 2. The number of carbonyl (C=O) groups is 2. The summed E-state index contributed by atoms with van der Waals surface area (Å²) < 4.78 is 0. The molecule has 0 aliphatic carbocycles. The molecule has 15 heavy (non-hydrogen) atoms. The Morgan fingerprint density at radius 2 is 2.07 bits per heavy atom. The van der Waals surface area contributed by atoms with Gasteiger partial charge < -0.3 is 4.90 Å². The molecule has 3 amide bonds. The van der Waals surface area contributed by atoms with Crippen LogP contribution in [0.4, 0.5) is 10.5 Å². The van der Waals surface area contributed by atoms with Gasteiger partial charge in [-0.25, -0.2) is 4.79 Å². The van der Waals surface area contributed by atoms with Crippen LogP contribution in [0.5, 0.6) is 0 Å². The first-order valence-corrected chi connectivity index (χ1v) is 4.44. The largest absolute Gasteiger partial charge is 0.368 e. The third-order valence-electron chi connectivity index (χ3n) is 2.25. The minimum atomic E-state index is -0.519. The lowest BCUT2D eigenvalue weighted by molar-refractivity contribution is -0.116. The Hall–Kier alpha value is -2.04. The van der Waals surface area contributed by atoms with Crippen molar-refractivity contribution in [1.82, 2.24) is 0 Å². The van der Waals surface area contributed by atoms with E-state index >= 15 is 0 Å². The number of benzene rings is 1. The number of rotatable bonds is 1. The molecular weight excluding hydrogens is 194 g/mol. The molecule has 1 aliphatic heterocycles. The molecule has 5 nitrogen and oxygen atoms in total. The van der Waals surface area contributed by atoms with E-state index in [0.717, 1.165) is 0 Å². The summed E-state index contributed by atoms with van der Waals surface area (Å²) in [4.78, 5) is 31.1. The van der Waals surface area contributed by atoms with Crippen molar-refractivity contribution in [3.63, 3.8) is 0 Å². The van der Waals surface area contributed by atoms with E-state index in [2.05, 4.69) is 9.98 Å². The number of nitrogens with zero attached hydrogens (tertiary/aromatic N) is 3. The van der Waals surface area contributed by atoms with Gasteiger partial charge in [0, 0.05) is 14.0 Å². The van der Waals surface area contributed by atoms with Crippen molar-refractivity contribution >= 4 is 17.6 Å². The lowest BCUT2D eigenvalue weighted by Crippen LogP contribution is -2.33. The highest BCUT2D eigenvalue weighted by Crippen LogP contribution is 2.05. The third kappa shape index (κ3) is 1.52. The van der Waals surface area contributed by atoms with E-state index in [0.29, 0.717) is 16.4 Å². The molecule has 1 aromatic carbocycles. The Labute approximate surface area is 85.8 Å². The molecule has 0 fully saturated rings. The van der Waals surface area contributed by atoms with E-state index in [1.54, 1.807) is 25.2 Å². The summed E-state index contributed by atoms with van der Waals surface area (Å²) in [6, 6.07) is 4.65. The summed E-state index contributed by atoms with van der Waals surface area (Å²) in [5.41, 5.74) is 0.606. The summed E-state index contributed by atoms with van der Waals surface area (Å²) in [5.74, 6) is -0.113. The van der Waals surface area contributed by atoms with Crippen molar-refractivity contribution in [3.05, 3.63) is 28.9 Å². The second kappa shape index (κ2) is 3.27. The van der Waals surface area contributed by atoms with Gasteiger partial charge in [0.2, 0.25) is 5.91 Å². The van der Waals surface area contributed by atoms with Crippen molar-refractivity contribution in [1.29, 1.82) is 0 Å². The average molecular weight is 203 g/mol. The first-order chi connectivity index (χ1) is 7.09. The minimum Gasteiger partial charge on any atom is -0.314 e. The van der Waals surface area contributed by atoms with Crippen molar-refractivity contribution in [2.45, 2.75) is 6.92 Å². The van der Waals surface area contributed by atoms with Crippen molar-refractivity contribution in [3.8, 4) is 0 Å². The highest BCUT2D eigenvalue weighted by atomic mass is 16.2. The standard InChI is InChI=1S/C10H9N3O2/c1-6(14)13(2)8-5-3-4-7-9(8)12-10(15)11-7/h3-5H,1-2H3. The Morgan fingerprint density at radius 3 is 2.73 bits per heavy atom. The van der Waals surface area contributed by atoms with Crippen LogP contribution in [0.1, 0.15) is 6.92 Å². The average Bonchev–Trinajstić information content (AvgIpc) is 2.56. The van der Waals surface area contributed by atoms with E-state index in [-0.39, 0.29) is 5.91 Å². The van der Waals surface area contributed by atoms with Gasteiger partial charge in [0.25, 0.3) is 0 Å². The van der Waals surface area contributed by atoms with Crippen LogP contribution in [0.15, 0.2) is 28.2 Å². The number of hydrogen-bond donors (Lipinski definition) is 0. The number of para-hydroxylation sites is 1. The Kier molecular flexibility index (Phi) is 2.07. The van der Waals surface area contributed by atoms with Crippen molar-refractivity contribution < 1.29 is 9.59 Å². The van der Waals surface area contributed by atoms with E-state index < -0.39 is 6.03 Å². The zero-order valence-electron chi connectivity index (χ0n) is 8.39. The minimum absolute atomic E-state index is 0.113. The van der Waals surface area contributed by atoms with E-state index in [4.69, 9.17) is 0 Å². The van der Waals surface area contributed by atoms with E-state index in [1.807, 2.05) is 0 Å². The SMILES string of the molecule is CC(=O)N(C)c1cccc2c1=NC(=O)N=2. The van der Waals surface area contributed by atoms with Gasteiger partial charge in [-0.1, -0.05) is 6.07 Å². The summed E-state index contributed by atoms with van der Waals surface area (Å²) in [7, 11) is 1.64. The monoisotopic (exact) mass is 203 g/mol. The van der Waals surface area contributed by atoms with Gasteiger partial charge in [-0.15, -0.1) is 0 Å². The highest BCUT2D eigenvalue weighted by Gasteiger charge is 2.13. The first kappa shape index (κ1) is 9.51. The Morgan fingerprint density at radius 1 is 1.33 bits per heavy atom. The number of amides is 3. The van der Waals surface area contributed by atoms with Crippen LogP contribution in [0.2, 0.25) is 0 Å². The van der Waals surface area contributed by atoms with Crippen LogP contribution < -0.4 is 15.6 Å². The van der Waals surface area contributed by atoms with Gasteiger partial charge >= 0.3 is 6.03 Å². The summed E-state index contributed by atoms with van der Waals surface area (Å²) in [6.45, 7) is 1.45. The van der Waals surface area contributed by atoms with E-state index in [1.165, 1.54) is 11.8 Å². The molecule has 1 aliphatic rings. The number of hydrogen-bond acceptors (Lipinski definition) is 2. The van der Waals surface area contributed by atoms with Gasteiger partial charge in [-0.05, 0) is 12.1 Å². The topological polar surface area (TPSA) is 62.1 Å². The van der Waals surface area contributed by atoms with Crippen molar-refractivity contribution in [2.75, 3.05) is 11.9 Å². The Bertz CT molecular complexity index is 563. The van der Waals surface area contributed by atoms with Gasteiger partial charge in [0.15, 0.2) is 0 Å². The maximum Gasteiger partial charge on any atom is 0.368 e. The molecule has 5 heteroatoms. The molecule has 0 bridgehead atoms. The number of fused-ring (bicyclic) bond motifs is 1. The summed E-state index contributed by atoms with van der Waals surface area (Å²) in [6.07, 6.45) is 0. The number of anilines is 1. The van der Waals surface area contributed by atoms with Gasteiger partial charge in [0.1, 0.15) is 5.36 Å². The molecule has 0 radical (unpaired) electrons. The fourth-order valence-corrected chi connectivity index (χ4v) is 1.39. The molecule has 0 N–H and O–H groups in total. The molecule has 0 atom stereocenters. The second-order valence-corrected chi connectivity index (χ2v) is 3.23. The normalized spacial score (nSPS) is 12.8. The fourth-order valence-electron chi connectivity index (χ4n) is 1.39. The molecule has 1 aromatic rings. The maximum atomic E-state index is 11.2. The highest BCUT2D eigenvalue weighted by molar-refractivity contribution is 5.91. The van der Waals surface area contributed by atoms with Crippen LogP contribution >= 0.6 is 0 Å². The van der Waals surface area contributed by atoms with Crippen LogP contribution in [-0.4, -0.2) is 19.0 Å². The molecule has 0 saturated carbocycles. The predicted octanol–water partition coefficient (Wildman–Crippen LogP) is 0.0421. The molecule has 0 spiro atoms. The smallest absolute Gasteiger partial charge is 0.314 e. The Balaban J connectivity index is 2.69. The first-order valence-electron chi connectivity index (χ1n) is 4.44. The van der Waals surface area contributed by atoms with Crippen LogP contribution in [-0.2, 0) is 4.79 Å². The molecule has 0 aromatic heterocycles. The molecular formula is C10H9N3O2. The third-order valence-corrected chi connectivity index (χ3v) is 2.25. The lowest BCUT2D eigenvalue weighted by Gasteiger charge is -2.13. The summed E-state index contributed by atoms with van der Waals surface area (Å²) >= 11 is 0. The van der Waals surface area contributed by atoms with Crippen LogP contribution in [0.25, 0.3) is 0 Å². The quantitative estimate of drug-likeness (QED) is 0.647.